The Morgan fingerprint density at radius 3 is 1.55 bits per heavy atom. The molecule has 0 aliphatic heterocycles. The van der Waals surface area contributed by atoms with Gasteiger partial charge in [-0.05, 0) is 24.3 Å². The minimum absolute atomic E-state index is 0. The fourth-order valence-corrected chi connectivity index (χ4v) is 4.76. The topological polar surface area (TPSA) is 52.6 Å². The van der Waals surface area contributed by atoms with Crippen molar-refractivity contribution in [2.75, 3.05) is 14.2 Å². The van der Waals surface area contributed by atoms with Gasteiger partial charge in [0.25, 0.3) is 0 Å². The van der Waals surface area contributed by atoms with Gasteiger partial charge in [0.2, 0.25) is 7.14 Å². The highest BCUT2D eigenvalue weighted by molar-refractivity contribution is 5.75. The summed E-state index contributed by atoms with van der Waals surface area (Å²) in [4.78, 5) is 21.9. The Hall–Kier alpha value is -1.41. The van der Waals surface area contributed by atoms with Crippen LogP contribution in [-0.4, -0.2) is 26.8 Å². The highest BCUT2D eigenvalue weighted by Gasteiger charge is 2.26. The third-order valence-corrected chi connectivity index (χ3v) is 5.68. The van der Waals surface area contributed by atoms with Crippen LogP contribution in [0.25, 0.3) is 0 Å². The molecule has 0 atom stereocenters. The van der Waals surface area contributed by atoms with Crippen molar-refractivity contribution in [2.24, 2.45) is 0 Å². The van der Waals surface area contributed by atoms with Crippen molar-refractivity contribution in [3.8, 4) is 11.5 Å². The van der Waals surface area contributed by atoms with Gasteiger partial charge >= 0.3 is 21.2 Å². The Labute approximate surface area is 149 Å². The Kier molecular flexibility index (Phi) is 7.53. The molecule has 0 saturated carbocycles. The van der Waals surface area contributed by atoms with Crippen molar-refractivity contribution < 1.29 is 57.2 Å². The molecule has 6 heteroatoms. The van der Waals surface area contributed by atoms with Crippen LogP contribution in [-0.2, 0) is 0 Å². The Bertz CT molecular complexity index is 616. The minimum Gasteiger partial charge on any atom is -1.00 e. The van der Waals surface area contributed by atoms with Crippen molar-refractivity contribution in [3.05, 3.63) is 54.7 Å². The number of halogens is 2. The smallest absolute Gasteiger partial charge is 0.366 e. The Morgan fingerprint density at radius 1 is 0.818 bits per heavy atom. The maximum Gasteiger partial charge on any atom is 0.366 e. The third-order valence-electron chi connectivity index (χ3n) is 2.83. The molecule has 0 saturated heterocycles. The molecule has 0 aliphatic carbocycles. The Morgan fingerprint density at radius 2 is 1.23 bits per heavy atom. The van der Waals surface area contributed by atoms with E-state index >= 15 is 0 Å². The molecule has 0 aliphatic rings. The maximum atomic E-state index is 10.9. The molecule has 0 heterocycles. The van der Waals surface area contributed by atoms with Gasteiger partial charge in [0.1, 0.15) is 12.6 Å². The molecule has 0 bridgehead atoms. The fourth-order valence-electron chi connectivity index (χ4n) is 1.77. The quantitative estimate of drug-likeness (QED) is 0.320. The van der Waals surface area contributed by atoms with Gasteiger partial charge in [-0.1, -0.05) is 0 Å². The molecule has 22 heavy (non-hydrogen) atoms. The van der Waals surface area contributed by atoms with Gasteiger partial charge in [0, 0.05) is 23.3 Å². The van der Waals surface area contributed by atoms with E-state index in [0.717, 1.165) is 31.2 Å². The summed E-state index contributed by atoms with van der Waals surface area (Å²) in [5.74, 6) is 1.49. The molecule has 4 nitrogen and oxygen atoms in total. The molecule has 2 rings (SSSR count). The predicted octanol–water partition coefficient (Wildman–Crippen LogP) is -3.54. The van der Waals surface area contributed by atoms with Crippen molar-refractivity contribution in [2.45, 2.75) is 0 Å². The zero-order valence-electron chi connectivity index (χ0n) is 12.0. The minimum atomic E-state index is -0.641. The number of hydrogen-bond donors (Lipinski definition) is 0. The zero-order valence-corrected chi connectivity index (χ0v) is 15.8. The Balaban J connectivity index is 0.00000242. The summed E-state index contributed by atoms with van der Waals surface area (Å²) < 4.78 is 12.6. The molecule has 2 aromatic carbocycles. The van der Waals surface area contributed by atoms with Gasteiger partial charge in [-0.15, -0.1) is 0 Å². The van der Waals surface area contributed by atoms with Crippen molar-refractivity contribution in [1.82, 2.24) is 0 Å². The molecular formula is C16H14BrIO4. The van der Waals surface area contributed by atoms with Crippen LogP contribution in [0.5, 0.6) is 11.5 Å². The van der Waals surface area contributed by atoms with Gasteiger partial charge in [0.05, 0.1) is 14.2 Å². The van der Waals surface area contributed by atoms with E-state index in [1.807, 2.05) is 12.1 Å². The first-order valence-electron chi connectivity index (χ1n) is 6.13. The standard InChI is InChI=1S/C16H14IO4.BrH/c1-20-15-5-3-11(9-18)7-13(15)17-14-8-12(10-19)4-6-16(14)21-2;/h3-10H,1-2H3;1H/q+1;/p-1. The number of ether oxygens (including phenoxy) is 2. The first-order chi connectivity index (χ1) is 10.2. The first-order valence-corrected chi connectivity index (χ1v) is 8.29. The molecule has 116 valence electrons. The molecule has 0 amide bonds. The summed E-state index contributed by atoms with van der Waals surface area (Å²) in [5, 5.41) is 0. The average molecular weight is 477 g/mol. The third kappa shape index (κ3) is 4.30. The first kappa shape index (κ1) is 18.6. The summed E-state index contributed by atoms with van der Waals surface area (Å²) >= 11 is -0.641. The molecule has 0 fully saturated rings. The van der Waals surface area contributed by atoms with E-state index in [4.69, 9.17) is 9.47 Å². The van der Waals surface area contributed by atoms with Gasteiger partial charge in [0.15, 0.2) is 11.5 Å². The van der Waals surface area contributed by atoms with Gasteiger partial charge in [-0.25, -0.2) is 0 Å². The normalized spacial score (nSPS) is 9.55. The summed E-state index contributed by atoms with van der Waals surface area (Å²) in [6.07, 6.45) is 1.62. The van der Waals surface area contributed by atoms with Crippen LogP contribution < -0.4 is 47.7 Å². The number of aldehydes is 2. The average Bonchev–Trinajstić information content (AvgIpc) is 2.54. The highest BCUT2D eigenvalue weighted by atomic mass is 127. The molecular weight excluding hydrogens is 463 g/mol. The molecule has 0 unspecified atom stereocenters. The fraction of sp³-hybridized carbons (Fsp3) is 0.125. The van der Waals surface area contributed by atoms with E-state index in [1.165, 1.54) is 0 Å². The lowest BCUT2D eigenvalue weighted by molar-refractivity contribution is -0.598. The van der Waals surface area contributed by atoms with Crippen molar-refractivity contribution >= 4 is 12.6 Å². The highest BCUT2D eigenvalue weighted by Crippen LogP contribution is 2.13. The van der Waals surface area contributed by atoms with Gasteiger partial charge < -0.3 is 26.5 Å². The lowest BCUT2D eigenvalue weighted by Gasteiger charge is -2.02. The van der Waals surface area contributed by atoms with Crippen molar-refractivity contribution in [3.63, 3.8) is 0 Å². The number of benzene rings is 2. The van der Waals surface area contributed by atoms with E-state index in [9.17, 15) is 9.59 Å². The molecule has 0 N–H and O–H groups in total. The second-order valence-corrected chi connectivity index (χ2v) is 6.98. The lowest BCUT2D eigenvalue weighted by Crippen LogP contribution is -3.61. The molecule has 0 aromatic heterocycles. The van der Waals surface area contributed by atoms with E-state index in [2.05, 4.69) is 0 Å². The van der Waals surface area contributed by atoms with E-state index in [-0.39, 0.29) is 17.0 Å². The van der Waals surface area contributed by atoms with Gasteiger partial charge in [-0.3, -0.25) is 9.59 Å². The van der Waals surface area contributed by atoms with Crippen LogP contribution in [0.1, 0.15) is 20.7 Å². The number of rotatable bonds is 6. The number of carbonyl (C=O) groups is 2. The number of methoxy groups -OCH3 is 2. The predicted molar refractivity (Wildman–Crippen MR) is 74.2 cm³/mol. The second-order valence-electron chi connectivity index (χ2n) is 4.12. The number of carbonyl (C=O) groups excluding carboxylic acids is 2. The summed E-state index contributed by atoms with van der Waals surface area (Å²) in [7, 11) is 3.20. The molecule has 0 radical (unpaired) electrons. The summed E-state index contributed by atoms with van der Waals surface area (Å²) in [5.41, 5.74) is 1.21. The van der Waals surface area contributed by atoms with Crippen LogP contribution in [0, 0.1) is 7.14 Å². The monoisotopic (exact) mass is 476 g/mol. The van der Waals surface area contributed by atoms with Crippen LogP contribution >= 0.6 is 0 Å². The number of hydrogen-bond acceptors (Lipinski definition) is 4. The SMILES string of the molecule is COc1ccc(C=O)cc1[I+]c1cc(C=O)ccc1OC.[Br-]. The summed E-state index contributed by atoms with van der Waals surface area (Å²) in [6, 6.07) is 10.7. The molecule has 2 aromatic rings. The largest absolute Gasteiger partial charge is 1.00 e. The van der Waals surface area contributed by atoms with Crippen molar-refractivity contribution in [1.29, 1.82) is 0 Å². The zero-order chi connectivity index (χ0) is 15.2. The van der Waals surface area contributed by atoms with E-state index < -0.39 is 21.2 Å². The van der Waals surface area contributed by atoms with Crippen LogP contribution in [0.15, 0.2) is 36.4 Å². The summed E-state index contributed by atoms with van der Waals surface area (Å²) in [6.45, 7) is 0. The van der Waals surface area contributed by atoms with Crippen LogP contribution in [0.2, 0.25) is 0 Å². The van der Waals surface area contributed by atoms with Gasteiger partial charge in [-0.2, -0.15) is 0 Å². The van der Waals surface area contributed by atoms with E-state index in [1.54, 1.807) is 38.5 Å². The molecule has 0 spiro atoms. The van der Waals surface area contributed by atoms with Crippen LogP contribution in [0.3, 0.4) is 0 Å². The second kappa shape index (κ2) is 8.89. The van der Waals surface area contributed by atoms with Crippen LogP contribution in [0.4, 0.5) is 0 Å². The lowest BCUT2D eigenvalue weighted by atomic mass is 10.2. The maximum absolute atomic E-state index is 10.9. The van der Waals surface area contributed by atoms with E-state index in [0.29, 0.717) is 11.1 Å².